The van der Waals surface area contributed by atoms with Gasteiger partial charge in [-0.3, -0.25) is 9.59 Å². The Labute approximate surface area is 114 Å². The molecule has 2 fully saturated rings. The highest BCUT2D eigenvalue weighted by Crippen LogP contribution is 2.30. The molecule has 1 saturated heterocycles. The third kappa shape index (κ3) is 3.47. The second-order valence-corrected chi connectivity index (χ2v) is 5.89. The summed E-state index contributed by atoms with van der Waals surface area (Å²) in [5.41, 5.74) is -0.341. The lowest BCUT2D eigenvalue weighted by molar-refractivity contribution is -0.136. The van der Waals surface area contributed by atoms with Crippen molar-refractivity contribution in [2.24, 2.45) is 5.41 Å². The predicted octanol–water partition coefficient (Wildman–Crippen LogP) is 0.549. The lowest BCUT2D eigenvalue weighted by atomic mass is 9.77. The van der Waals surface area contributed by atoms with Crippen LogP contribution in [0, 0.1) is 5.41 Å². The molecular weight excluding hydrogens is 242 g/mol. The van der Waals surface area contributed by atoms with Gasteiger partial charge in [0.2, 0.25) is 11.8 Å². The zero-order chi connectivity index (χ0) is 13.9. The Morgan fingerprint density at radius 3 is 2.68 bits per heavy atom. The molecule has 5 nitrogen and oxygen atoms in total. The van der Waals surface area contributed by atoms with Crippen molar-refractivity contribution in [1.29, 1.82) is 0 Å². The maximum absolute atomic E-state index is 12.4. The number of piperidine rings is 1. The van der Waals surface area contributed by atoms with Gasteiger partial charge in [-0.25, -0.2) is 0 Å². The van der Waals surface area contributed by atoms with Crippen molar-refractivity contribution in [3.63, 3.8) is 0 Å². The van der Waals surface area contributed by atoms with Gasteiger partial charge in [-0.2, -0.15) is 0 Å². The van der Waals surface area contributed by atoms with Gasteiger partial charge in [-0.15, -0.1) is 0 Å². The highest BCUT2D eigenvalue weighted by Gasteiger charge is 2.39. The minimum Gasteiger partial charge on any atom is -0.352 e. The van der Waals surface area contributed by atoms with E-state index >= 15 is 0 Å². The average molecular weight is 267 g/mol. The van der Waals surface area contributed by atoms with Gasteiger partial charge in [0.1, 0.15) is 6.04 Å². The van der Waals surface area contributed by atoms with E-state index in [9.17, 15) is 9.59 Å². The summed E-state index contributed by atoms with van der Waals surface area (Å²) in [5, 5.41) is 9.10. The second-order valence-electron chi connectivity index (χ2n) is 5.89. The molecule has 0 bridgehead atoms. The van der Waals surface area contributed by atoms with E-state index in [0.717, 1.165) is 38.6 Å². The number of carbonyl (C=O) groups is 2. The monoisotopic (exact) mass is 267 g/mol. The zero-order valence-corrected chi connectivity index (χ0v) is 11.9. The average Bonchev–Trinajstić information content (AvgIpc) is 3.23. The SMILES string of the molecule is CCC1(C(=O)NC(C)C(=O)NC2CC2)CCCNC1. The summed E-state index contributed by atoms with van der Waals surface area (Å²) in [7, 11) is 0. The van der Waals surface area contributed by atoms with Gasteiger partial charge in [0.25, 0.3) is 0 Å². The Hall–Kier alpha value is -1.10. The lowest BCUT2D eigenvalue weighted by Gasteiger charge is -2.36. The minimum absolute atomic E-state index is 0.0145. The standard InChI is InChI=1S/C14H25N3O2/c1-3-14(7-4-8-15-9-14)13(19)16-10(2)12(18)17-11-5-6-11/h10-11,15H,3-9H2,1-2H3,(H,16,19)(H,17,18). The fraction of sp³-hybridized carbons (Fsp3) is 0.857. The third-order valence-corrected chi connectivity index (χ3v) is 4.30. The van der Waals surface area contributed by atoms with E-state index in [0.29, 0.717) is 12.6 Å². The fourth-order valence-electron chi connectivity index (χ4n) is 2.59. The van der Waals surface area contributed by atoms with Crippen LogP contribution in [0.4, 0.5) is 0 Å². The fourth-order valence-corrected chi connectivity index (χ4v) is 2.59. The maximum Gasteiger partial charge on any atom is 0.242 e. The first-order valence-electron chi connectivity index (χ1n) is 7.39. The molecule has 1 aliphatic carbocycles. The first kappa shape index (κ1) is 14.3. The van der Waals surface area contributed by atoms with E-state index in [1.165, 1.54) is 0 Å². The van der Waals surface area contributed by atoms with Gasteiger partial charge in [0.15, 0.2) is 0 Å². The van der Waals surface area contributed by atoms with Crippen molar-refractivity contribution in [2.45, 2.75) is 58.0 Å². The molecule has 19 heavy (non-hydrogen) atoms. The van der Waals surface area contributed by atoms with Crippen LogP contribution in [0.3, 0.4) is 0 Å². The molecule has 2 amide bonds. The number of hydrogen-bond acceptors (Lipinski definition) is 3. The number of carbonyl (C=O) groups excluding carboxylic acids is 2. The molecular formula is C14H25N3O2. The van der Waals surface area contributed by atoms with E-state index in [1.54, 1.807) is 6.92 Å². The molecule has 5 heteroatoms. The van der Waals surface area contributed by atoms with Crippen LogP contribution in [-0.2, 0) is 9.59 Å². The third-order valence-electron chi connectivity index (χ3n) is 4.30. The van der Waals surface area contributed by atoms with E-state index in [2.05, 4.69) is 16.0 Å². The normalized spacial score (nSPS) is 28.5. The maximum atomic E-state index is 12.4. The van der Waals surface area contributed by atoms with Crippen LogP contribution in [0.25, 0.3) is 0 Å². The Balaban J connectivity index is 1.88. The molecule has 0 aromatic carbocycles. The van der Waals surface area contributed by atoms with Crippen LogP contribution in [-0.4, -0.2) is 37.0 Å². The second kappa shape index (κ2) is 5.90. The first-order chi connectivity index (χ1) is 9.07. The molecule has 2 unspecified atom stereocenters. The van der Waals surface area contributed by atoms with Crippen molar-refractivity contribution in [3.8, 4) is 0 Å². The lowest BCUT2D eigenvalue weighted by Crippen LogP contribution is -2.54. The van der Waals surface area contributed by atoms with Gasteiger partial charge in [-0.05, 0) is 45.6 Å². The Morgan fingerprint density at radius 1 is 1.42 bits per heavy atom. The predicted molar refractivity (Wildman–Crippen MR) is 73.6 cm³/mol. The summed E-state index contributed by atoms with van der Waals surface area (Å²) >= 11 is 0. The van der Waals surface area contributed by atoms with Crippen LogP contribution in [0.1, 0.15) is 46.0 Å². The smallest absolute Gasteiger partial charge is 0.242 e. The van der Waals surface area contributed by atoms with E-state index in [4.69, 9.17) is 0 Å². The van der Waals surface area contributed by atoms with Crippen molar-refractivity contribution in [1.82, 2.24) is 16.0 Å². The molecule has 1 aliphatic heterocycles. The number of nitrogens with one attached hydrogen (secondary N) is 3. The molecule has 1 saturated carbocycles. The van der Waals surface area contributed by atoms with Crippen molar-refractivity contribution >= 4 is 11.8 Å². The summed E-state index contributed by atoms with van der Waals surface area (Å²) in [5.74, 6) is -0.0495. The van der Waals surface area contributed by atoms with Gasteiger partial charge in [0, 0.05) is 12.6 Å². The van der Waals surface area contributed by atoms with E-state index in [1.807, 2.05) is 6.92 Å². The molecule has 1 heterocycles. The van der Waals surface area contributed by atoms with Crippen LogP contribution >= 0.6 is 0 Å². The number of hydrogen-bond donors (Lipinski definition) is 3. The largest absolute Gasteiger partial charge is 0.352 e. The van der Waals surface area contributed by atoms with Crippen LogP contribution in [0.5, 0.6) is 0 Å². The molecule has 108 valence electrons. The topological polar surface area (TPSA) is 70.2 Å². The molecule has 0 spiro atoms. The Morgan fingerprint density at radius 2 is 2.16 bits per heavy atom. The van der Waals surface area contributed by atoms with Gasteiger partial charge in [-0.1, -0.05) is 6.92 Å². The molecule has 0 aromatic heterocycles. The summed E-state index contributed by atoms with van der Waals surface area (Å²) in [6.45, 7) is 5.50. The molecule has 0 radical (unpaired) electrons. The van der Waals surface area contributed by atoms with Crippen LogP contribution in [0.2, 0.25) is 0 Å². The molecule has 2 rings (SSSR count). The van der Waals surface area contributed by atoms with Gasteiger partial charge < -0.3 is 16.0 Å². The summed E-state index contributed by atoms with van der Waals surface area (Å²) in [6.07, 6.45) is 4.86. The minimum atomic E-state index is -0.446. The van der Waals surface area contributed by atoms with Crippen LogP contribution in [0.15, 0.2) is 0 Å². The van der Waals surface area contributed by atoms with Gasteiger partial charge in [0.05, 0.1) is 5.41 Å². The molecule has 2 aliphatic rings. The quantitative estimate of drug-likeness (QED) is 0.681. The summed E-state index contributed by atoms with van der Waals surface area (Å²) in [6, 6.07) is -0.109. The number of rotatable bonds is 5. The molecule has 2 atom stereocenters. The molecule has 3 N–H and O–H groups in total. The first-order valence-corrected chi connectivity index (χ1v) is 7.39. The Kier molecular flexibility index (Phi) is 4.45. The summed E-state index contributed by atoms with van der Waals surface area (Å²) < 4.78 is 0. The highest BCUT2D eigenvalue weighted by molar-refractivity contribution is 5.90. The molecule has 0 aromatic rings. The highest BCUT2D eigenvalue weighted by atomic mass is 16.2. The van der Waals surface area contributed by atoms with Gasteiger partial charge >= 0.3 is 0 Å². The van der Waals surface area contributed by atoms with Crippen LogP contribution < -0.4 is 16.0 Å². The zero-order valence-electron chi connectivity index (χ0n) is 11.9. The van der Waals surface area contributed by atoms with E-state index < -0.39 is 6.04 Å². The Bertz CT molecular complexity index is 347. The summed E-state index contributed by atoms with van der Waals surface area (Å²) in [4.78, 5) is 24.3. The number of amides is 2. The van der Waals surface area contributed by atoms with Crippen molar-refractivity contribution in [2.75, 3.05) is 13.1 Å². The van der Waals surface area contributed by atoms with Crippen molar-refractivity contribution in [3.05, 3.63) is 0 Å². The van der Waals surface area contributed by atoms with Crippen molar-refractivity contribution < 1.29 is 9.59 Å². The van der Waals surface area contributed by atoms with E-state index in [-0.39, 0.29) is 17.2 Å².